The van der Waals surface area contributed by atoms with Gasteiger partial charge in [-0.15, -0.1) is 0 Å². The first-order chi connectivity index (χ1) is 13.6. The number of benzene rings is 1. The third kappa shape index (κ3) is 3.04. The minimum absolute atomic E-state index is 0.00337. The lowest BCUT2D eigenvalue weighted by Crippen LogP contribution is -2.48. The molecule has 148 valence electrons. The molecule has 2 saturated heterocycles. The van der Waals surface area contributed by atoms with Gasteiger partial charge in [0.2, 0.25) is 0 Å². The molecule has 3 aliphatic heterocycles. The van der Waals surface area contributed by atoms with Crippen molar-refractivity contribution in [3.8, 4) is 0 Å². The van der Waals surface area contributed by atoms with Crippen LogP contribution in [0.15, 0.2) is 18.2 Å². The average molecular weight is 381 g/mol. The molecule has 2 atom stereocenters. The fourth-order valence-electron chi connectivity index (χ4n) is 5.52. The molecule has 2 N–H and O–H groups in total. The van der Waals surface area contributed by atoms with Crippen molar-refractivity contribution in [2.75, 3.05) is 0 Å². The van der Waals surface area contributed by atoms with Crippen molar-refractivity contribution in [1.82, 2.24) is 15.5 Å². The molecule has 1 aromatic carbocycles. The van der Waals surface area contributed by atoms with Crippen LogP contribution in [0.3, 0.4) is 0 Å². The summed E-state index contributed by atoms with van der Waals surface area (Å²) in [4.78, 5) is 39.9. The highest BCUT2D eigenvalue weighted by molar-refractivity contribution is 6.22. The lowest BCUT2D eigenvalue weighted by molar-refractivity contribution is 0.0548. The summed E-state index contributed by atoms with van der Waals surface area (Å²) < 4.78 is 0. The molecule has 2 unspecified atom stereocenters. The predicted molar refractivity (Wildman–Crippen MR) is 104 cm³/mol. The Kier molecular flexibility index (Phi) is 4.46. The molecule has 3 heterocycles. The van der Waals surface area contributed by atoms with Crippen molar-refractivity contribution in [3.05, 3.63) is 34.9 Å². The molecule has 1 saturated carbocycles. The number of hydrogen-bond donors (Lipinski definition) is 2. The van der Waals surface area contributed by atoms with Gasteiger partial charge < -0.3 is 10.6 Å². The number of carbonyl (C=O) groups excluding carboxylic acids is 3. The van der Waals surface area contributed by atoms with Crippen LogP contribution in [0.1, 0.15) is 88.9 Å². The second kappa shape index (κ2) is 6.99. The third-order valence-electron chi connectivity index (χ3n) is 6.93. The molecule has 0 radical (unpaired) electrons. The van der Waals surface area contributed by atoms with E-state index in [4.69, 9.17) is 0 Å². The van der Waals surface area contributed by atoms with E-state index in [2.05, 4.69) is 10.6 Å². The summed E-state index contributed by atoms with van der Waals surface area (Å²) in [5.74, 6) is -0.583. The first kappa shape index (κ1) is 17.9. The first-order valence-electron chi connectivity index (χ1n) is 10.7. The van der Waals surface area contributed by atoms with Gasteiger partial charge in [-0.2, -0.15) is 0 Å². The van der Waals surface area contributed by atoms with Gasteiger partial charge in [0.1, 0.15) is 0 Å². The van der Waals surface area contributed by atoms with E-state index < -0.39 is 0 Å². The van der Waals surface area contributed by atoms with Crippen LogP contribution in [0, 0.1) is 0 Å². The summed E-state index contributed by atoms with van der Waals surface area (Å²) in [6.45, 7) is 0. The Morgan fingerprint density at radius 2 is 1.61 bits per heavy atom. The lowest BCUT2D eigenvalue weighted by atomic mass is 9.94. The largest absolute Gasteiger partial charge is 0.349 e. The number of rotatable bonds is 3. The molecule has 3 amide bonds. The van der Waals surface area contributed by atoms with Gasteiger partial charge in [0, 0.05) is 29.7 Å². The van der Waals surface area contributed by atoms with E-state index in [1.165, 1.54) is 24.2 Å². The molecule has 1 aliphatic carbocycles. The summed E-state index contributed by atoms with van der Waals surface area (Å²) in [7, 11) is 0. The Balaban J connectivity index is 1.32. The molecule has 6 heteroatoms. The summed E-state index contributed by atoms with van der Waals surface area (Å²) in [5.41, 5.74) is 1.29. The van der Waals surface area contributed by atoms with Crippen molar-refractivity contribution in [1.29, 1.82) is 0 Å². The zero-order chi connectivity index (χ0) is 19.3. The van der Waals surface area contributed by atoms with Crippen LogP contribution in [0.5, 0.6) is 0 Å². The summed E-state index contributed by atoms with van der Waals surface area (Å²) in [5, 5.41) is 6.71. The molecule has 3 fully saturated rings. The molecule has 28 heavy (non-hydrogen) atoms. The van der Waals surface area contributed by atoms with Crippen molar-refractivity contribution in [2.45, 2.75) is 82.0 Å². The average Bonchev–Trinajstić information content (AvgIpc) is 3.18. The van der Waals surface area contributed by atoms with E-state index in [0.717, 1.165) is 38.5 Å². The Bertz CT molecular complexity index is 818. The van der Waals surface area contributed by atoms with Crippen LogP contribution in [0.2, 0.25) is 0 Å². The number of carbonyl (C=O) groups is 3. The van der Waals surface area contributed by atoms with Crippen LogP contribution in [0.4, 0.5) is 0 Å². The van der Waals surface area contributed by atoms with E-state index in [1.807, 2.05) is 0 Å². The first-order valence-corrected chi connectivity index (χ1v) is 10.7. The van der Waals surface area contributed by atoms with Gasteiger partial charge in [0.25, 0.3) is 17.7 Å². The lowest BCUT2D eigenvalue weighted by Gasteiger charge is -2.29. The normalized spacial score (nSPS) is 29.9. The molecule has 4 aliphatic rings. The van der Waals surface area contributed by atoms with Crippen molar-refractivity contribution in [2.24, 2.45) is 0 Å². The van der Waals surface area contributed by atoms with E-state index in [1.54, 1.807) is 18.2 Å². The number of nitrogens with zero attached hydrogens (tertiary/aromatic N) is 1. The van der Waals surface area contributed by atoms with E-state index in [9.17, 15) is 14.4 Å². The van der Waals surface area contributed by atoms with Gasteiger partial charge in [-0.1, -0.05) is 19.3 Å². The molecular formula is C22H27N3O3. The zero-order valence-corrected chi connectivity index (χ0v) is 16.1. The minimum Gasteiger partial charge on any atom is -0.349 e. The second-order valence-corrected chi connectivity index (χ2v) is 8.81. The maximum atomic E-state index is 12.9. The van der Waals surface area contributed by atoms with E-state index in [0.29, 0.717) is 28.8 Å². The SMILES string of the molecule is O=C(NC1CC2CCC(C1)N2)c1ccc2c(c1)C(=O)N(C1CCCCC1)C2=O. The van der Waals surface area contributed by atoms with E-state index >= 15 is 0 Å². The number of imide groups is 1. The van der Waals surface area contributed by atoms with Gasteiger partial charge in [-0.05, 0) is 56.7 Å². The Labute approximate surface area is 165 Å². The number of fused-ring (bicyclic) bond motifs is 3. The molecule has 6 nitrogen and oxygen atoms in total. The molecule has 0 aromatic heterocycles. The zero-order valence-electron chi connectivity index (χ0n) is 16.1. The standard InChI is InChI=1S/C22H27N3O3/c26-20(24-16-11-14-7-8-15(12-16)23-14)13-6-9-18-19(10-13)22(28)25(21(18)27)17-4-2-1-3-5-17/h6,9-10,14-17,23H,1-5,7-8,11-12H2,(H,24,26). The van der Waals surface area contributed by atoms with Gasteiger partial charge in [-0.3, -0.25) is 19.3 Å². The van der Waals surface area contributed by atoms with Crippen LogP contribution in [-0.4, -0.2) is 46.8 Å². The van der Waals surface area contributed by atoms with Crippen LogP contribution >= 0.6 is 0 Å². The highest BCUT2D eigenvalue weighted by atomic mass is 16.2. The minimum atomic E-state index is -0.235. The number of piperidine rings is 1. The van der Waals surface area contributed by atoms with Gasteiger partial charge >= 0.3 is 0 Å². The van der Waals surface area contributed by atoms with E-state index in [-0.39, 0.29) is 29.8 Å². The van der Waals surface area contributed by atoms with Crippen molar-refractivity contribution in [3.63, 3.8) is 0 Å². The topological polar surface area (TPSA) is 78.5 Å². The van der Waals surface area contributed by atoms with Gasteiger partial charge in [0.05, 0.1) is 11.1 Å². The summed E-state index contributed by atoms with van der Waals surface area (Å²) >= 11 is 0. The Morgan fingerprint density at radius 1 is 0.929 bits per heavy atom. The number of hydrogen-bond acceptors (Lipinski definition) is 4. The fraction of sp³-hybridized carbons (Fsp3) is 0.591. The summed E-state index contributed by atoms with van der Waals surface area (Å²) in [6.07, 6.45) is 9.34. The predicted octanol–water partition coefficient (Wildman–Crippen LogP) is 2.63. The van der Waals surface area contributed by atoms with Gasteiger partial charge in [-0.25, -0.2) is 0 Å². The van der Waals surface area contributed by atoms with Crippen LogP contribution in [-0.2, 0) is 0 Å². The molecule has 5 rings (SSSR count). The number of nitrogens with one attached hydrogen (secondary N) is 2. The molecule has 2 bridgehead atoms. The van der Waals surface area contributed by atoms with Crippen molar-refractivity contribution < 1.29 is 14.4 Å². The summed E-state index contributed by atoms with van der Waals surface area (Å²) in [6, 6.07) is 6.14. The maximum Gasteiger partial charge on any atom is 0.261 e. The molecule has 1 aromatic rings. The second-order valence-electron chi connectivity index (χ2n) is 8.81. The molecule has 0 spiro atoms. The van der Waals surface area contributed by atoms with Crippen LogP contribution in [0.25, 0.3) is 0 Å². The van der Waals surface area contributed by atoms with Crippen molar-refractivity contribution >= 4 is 17.7 Å². The monoisotopic (exact) mass is 381 g/mol. The number of amides is 3. The highest BCUT2D eigenvalue weighted by Crippen LogP contribution is 2.32. The molecular weight excluding hydrogens is 354 g/mol. The maximum absolute atomic E-state index is 12.9. The Morgan fingerprint density at radius 3 is 2.32 bits per heavy atom. The van der Waals surface area contributed by atoms with Crippen LogP contribution < -0.4 is 10.6 Å². The third-order valence-corrected chi connectivity index (χ3v) is 6.93. The smallest absolute Gasteiger partial charge is 0.261 e. The quantitative estimate of drug-likeness (QED) is 0.789. The highest BCUT2D eigenvalue weighted by Gasteiger charge is 2.41. The Hall–Kier alpha value is -2.21. The fourth-order valence-corrected chi connectivity index (χ4v) is 5.52. The van der Waals surface area contributed by atoms with Gasteiger partial charge in [0.15, 0.2) is 0 Å².